The highest BCUT2D eigenvalue weighted by atomic mass is 16.5. The van der Waals surface area contributed by atoms with E-state index in [9.17, 15) is 4.79 Å². The van der Waals surface area contributed by atoms with Crippen molar-refractivity contribution in [3.8, 4) is 0 Å². The van der Waals surface area contributed by atoms with Crippen LogP contribution in [0.5, 0.6) is 0 Å². The fraction of sp³-hybridized carbons (Fsp3) is 0.688. The molecule has 2 saturated carbocycles. The second-order valence-electron chi connectivity index (χ2n) is 7.07. The summed E-state index contributed by atoms with van der Waals surface area (Å²) in [4.78, 5) is 12.3. The van der Waals surface area contributed by atoms with E-state index in [1.807, 2.05) is 10.8 Å². The summed E-state index contributed by atoms with van der Waals surface area (Å²) < 4.78 is 7.68. The molecule has 0 aliphatic heterocycles. The van der Waals surface area contributed by atoms with Gasteiger partial charge in [0.25, 0.3) is 0 Å². The number of hydrogen-bond donors (Lipinski definition) is 1. The molecule has 2 aliphatic rings. The summed E-state index contributed by atoms with van der Waals surface area (Å²) in [5.74, 6) is -0.210. The van der Waals surface area contributed by atoms with Crippen LogP contribution in [0.4, 0.5) is 5.69 Å². The summed E-state index contributed by atoms with van der Waals surface area (Å²) in [5, 5.41) is 0. The van der Waals surface area contributed by atoms with Crippen LogP contribution in [0.3, 0.4) is 0 Å². The van der Waals surface area contributed by atoms with Crippen LogP contribution < -0.4 is 5.73 Å². The minimum Gasteiger partial charge on any atom is -0.458 e. The number of carbonyl (C=O) groups is 1. The molecule has 4 heteroatoms. The van der Waals surface area contributed by atoms with E-state index < -0.39 is 0 Å². The van der Waals surface area contributed by atoms with Crippen LogP contribution in [0.1, 0.15) is 68.9 Å². The second-order valence-corrected chi connectivity index (χ2v) is 7.07. The highest BCUT2D eigenvalue weighted by Gasteiger charge is 2.32. The highest BCUT2D eigenvalue weighted by molar-refractivity contribution is 5.89. The minimum atomic E-state index is -0.210. The quantitative estimate of drug-likeness (QED) is 0.859. The largest absolute Gasteiger partial charge is 0.458 e. The van der Waals surface area contributed by atoms with Crippen molar-refractivity contribution in [3.63, 3.8) is 0 Å². The van der Waals surface area contributed by atoms with Gasteiger partial charge in [0.05, 0.1) is 5.69 Å². The molecule has 20 heavy (non-hydrogen) atoms. The van der Waals surface area contributed by atoms with Gasteiger partial charge in [-0.2, -0.15) is 0 Å². The van der Waals surface area contributed by atoms with E-state index >= 15 is 0 Å². The van der Waals surface area contributed by atoms with Crippen LogP contribution in [0.25, 0.3) is 0 Å². The van der Waals surface area contributed by atoms with Crippen LogP contribution in [0.2, 0.25) is 0 Å². The van der Waals surface area contributed by atoms with E-state index in [4.69, 9.17) is 10.5 Å². The Morgan fingerprint density at radius 3 is 2.55 bits per heavy atom. The first kappa shape index (κ1) is 13.5. The Bertz CT molecular complexity index is 505. The molecule has 0 bridgehead atoms. The number of nitrogens with two attached hydrogens (primary N) is 1. The van der Waals surface area contributed by atoms with E-state index in [0.717, 1.165) is 38.5 Å². The number of esters is 1. The molecular weight excluding hydrogens is 252 g/mol. The maximum atomic E-state index is 12.3. The van der Waals surface area contributed by atoms with Gasteiger partial charge in [-0.3, -0.25) is 0 Å². The number of ether oxygens (including phenoxy) is 1. The Kier molecular flexibility index (Phi) is 3.27. The normalized spacial score (nSPS) is 22.7. The third-order valence-corrected chi connectivity index (χ3v) is 4.58. The van der Waals surface area contributed by atoms with Crippen LogP contribution in [-0.2, 0) is 4.74 Å². The lowest BCUT2D eigenvalue weighted by atomic mass is 9.76. The smallest absolute Gasteiger partial charge is 0.355 e. The Balaban J connectivity index is 1.65. The Morgan fingerprint density at radius 1 is 1.30 bits per heavy atom. The standard InChI is InChI=1S/C16H24N2O2/c1-16(2)7-5-13(6-8-16)20-15(19)14-9-11(17)10-18(14)12-3-4-12/h9-10,12-13H,3-8,17H2,1-2H3. The van der Waals surface area contributed by atoms with Crippen molar-refractivity contribution >= 4 is 11.7 Å². The monoisotopic (exact) mass is 276 g/mol. The van der Waals surface area contributed by atoms with Gasteiger partial charge in [0, 0.05) is 12.2 Å². The van der Waals surface area contributed by atoms with Gasteiger partial charge >= 0.3 is 5.97 Å². The Labute approximate surface area is 120 Å². The van der Waals surface area contributed by atoms with Crippen LogP contribution in [0.15, 0.2) is 12.3 Å². The summed E-state index contributed by atoms with van der Waals surface area (Å²) in [6.07, 6.45) is 8.37. The molecule has 1 aromatic rings. The van der Waals surface area contributed by atoms with E-state index in [1.54, 1.807) is 6.07 Å². The molecule has 1 heterocycles. The topological polar surface area (TPSA) is 57.2 Å². The number of carbonyl (C=O) groups excluding carboxylic acids is 1. The van der Waals surface area contributed by atoms with Gasteiger partial charge in [-0.15, -0.1) is 0 Å². The highest BCUT2D eigenvalue weighted by Crippen LogP contribution is 2.38. The number of anilines is 1. The van der Waals surface area contributed by atoms with Gasteiger partial charge in [0.2, 0.25) is 0 Å². The zero-order chi connectivity index (χ0) is 14.3. The van der Waals surface area contributed by atoms with E-state index in [1.165, 1.54) is 0 Å². The maximum absolute atomic E-state index is 12.3. The number of nitrogen functional groups attached to an aromatic ring is 1. The van der Waals surface area contributed by atoms with Crippen LogP contribution in [-0.4, -0.2) is 16.6 Å². The number of rotatable bonds is 3. The molecule has 0 radical (unpaired) electrons. The summed E-state index contributed by atoms with van der Waals surface area (Å²) >= 11 is 0. The number of nitrogens with zero attached hydrogens (tertiary/aromatic N) is 1. The van der Waals surface area contributed by atoms with Crippen molar-refractivity contribution in [1.29, 1.82) is 0 Å². The molecule has 1 aromatic heterocycles. The summed E-state index contributed by atoms with van der Waals surface area (Å²) in [6, 6.07) is 2.19. The zero-order valence-corrected chi connectivity index (χ0v) is 12.4. The van der Waals surface area contributed by atoms with Gasteiger partial charge in [-0.25, -0.2) is 4.79 Å². The summed E-state index contributed by atoms with van der Waals surface area (Å²) in [7, 11) is 0. The molecular formula is C16H24N2O2. The molecule has 0 amide bonds. The number of hydrogen-bond acceptors (Lipinski definition) is 3. The lowest BCUT2D eigenvalue weighted by Crippen LogP contribution is -2.28. The lowest BCUT2D eigenvalue weighted by molar-refractivity contribution is 0.00843. The molecule has 110 valence electrons. The molecule has 0 spiro atoms. The molecule has 2 aliphatic carbocycles. The third kappa shape index (κ3) is 2.84. The van der Waals surface area contributed by atoms with Gasteiger partial charge in [-0.1, -0.05) is 13.8 Å². The third-order valence-electron chi connectivity index (χ3n) is 4.58. The Hall–Kier alpha value is -1.45. The van der Waals surface area contributed by atoms with E-state index in [-0.39, 0.29) is 12.1 Å². The molecule has 0 saturated heterocycles. The molecule has 0 aromatic carbocycles. The van der Waals surface area contributed by atoms with Gasteiger partial charge in [-0.05, 0) is 50.0 Å². The van der Waals surface area contributed by atoms with Crippen molar-refractivity contribution in [1.82, 2.24) is 4.57 Å². The molecule has 4 nitrogen and oxygen atoms in total. The van der Waals surface area contributed by atoms with Crippen molar-refractivity contribution in [3.05, 3.63) is 18.0 Å². The van der Waals surface area contributed by atoms with Crippen molar-refractivity contribution in [2.75, 3.05) is 5.73 Å². The SMILES string of the molecule is CC1(C)CCC(OC(=O)c2cc(N)cn2C2CC2)CC1. The van der Waals surface area contributed by atoms with Crippen molar-refractivity contribution < 1.29 is 9.53 Å². The Morgan fingerprint density at radius 2 is 1.95 bits per heavy atom. The van der Waals surface area contributed by atoms with E-state index in [0.29, 0.717) is 22.8 Å². The average Bonchev–Trinajstić information content (AvgIpc) is 3.15. The fourth-order valence-electron chi connectivity index (χ4n) is 3.02. The summed E-state index contributed by atoms with van der Waals surface area (Å²) in [5.41, 5.74) is 7.48. The molecule has 3 rings (SSSR count). The molecule has 0 atom stereocenters. The maximum Gasteiger partial charge on any atom is 0.355 e. The molecule has 2 fully saturated rings. The fourth-order valence-corrected chi connectivity index (χ4v) is 3.02. The first-order chi connectivity index (χ1) is 9.44. The van der Waals surface area contributed by atoms with Crippen LogP contribution in [0, 0.1) is 5.41 Å². The van der Waals surface area contributed by atoms with E-state index in [2.05, 4.69) is 13.8 Å². The van der Waals surface area contributed by atoms with Gasteiger partial charge in [0.15, 0.2) is 0 Å². The molecule has 0 unspecified atom stereocenters. The second kappa shape index (κ2) is 4.83. The van der Waals surface area contributed by atoms with Gasteiger partial charge in [0.1, 0.15) is 11.8 Å². The average molecular weight is 276 g/mol. The predicted octanol–water partition coefficient (Wildman–Crippen LogP) is 3.53. The molecule has 2 N–H and O–H groups in total. The first-order valence-electron chi connectivity index (χ1n) is 7.63. The first-order valence-corrected chi connectivity index (χ1v) is 7.63. The lowest BCUT2D eigenvalue weighted by Gasteiger charge is -2.33. The van der Waals surface area contributed by atoms with Crippen molar-refractivity contribution in [2.45, 2.75) is 64.5 Å². The summed E-state index contributed by atoms with van der Waals surface area (Å²) in [6.45, 7) is 4.56. The van der Waals surface area contributed by atoms with Crippen molar-refractivity contribution in [2.24, 2.45) is 5.41 Å². The van der Waals surface area contributed by atoms with Crippen LogP contribution >= 0.6 is 0 Å². The van der Waals surface area contributed by atoms with Gasteiger partial charge < -0.3 is 15.0 Å². The minimum absolute atomic E-state index is 0.0688. The zero-order valence-electron chi connectivity index (χ0n) is 12.4. The predicted molar refractivity (Wildman–Crippen MR) is 78.6 cm³/mol. The number of aromatic nitrogens is 1.